The van der Waals surface area contributed by atoms with Crippen molar-refractivity contribution in [1.82, 2.24) is 23.4 Å². The third kappa shape index (κ3) is 5.82. The van der Waals surface area contributed by atoms with Crippen molar-refractivity contribution in [2.24, 2.45) is 7.05 Å². The Bertz CT molecular complexity index is 1590. The Hall–Kier alpha value is -3.35. The van der Waals surface area contributed by atoms with Gasteiger partial charge in [-0.15, -0.1) is 0 Å². The molecule has 3 aromatic heterocycles. The summed E-state index contributed by atoms with van der Waals surface area (Å²) in [6.45, 7) is 4.39. The Morgan fingerprint density at radius 1 is 1.15 bits per heavy atom. The van der Waals surface area contributed by atoms with Gasteiger partial charge < -0.3 is 19.0 Å². The number of carbonyl (C=O) groups is 1. The van der Waals surface area contributed by atoms with E-state index >= 15 is 0 Å². The number of ether oxygens (including phenoxy) is 1. The van der Waals surface area contributed by atoms with Gasteiger partial charge >= 0.3 is 5.97 Å². The first-order valence-corrected chi connectivity index (χ1v) is 15.0. The maximum atomic E-state index is 13.3. The molecule has 1 aromatic carbocycles. The average molecular weight is 570 g/mol. The quantitative estimate of drug-likeness (QED) is 0.316. The fraction of sp³-hybridized carbons (Fsp3) is 0.370. The van der Waals surface area contributed by atoms with E-state index in [0.29, 0.717) is 37.3 Å². The van der Waals surface area contributed by atoms with Gasteiger partial charge in [0.15, 0.2) is 5.16 Å². The summed E-state index contributed by atoms with van der Waals surface area (Å²) in [5, 5.41) is 11.9. The lowest BCUT2D eigenvalue weighted by Crippen LogP contribution is -2.37. The van der Waals surface area contributed by atoms with Crippen molar-refractivity contribution in [2.45, 2.75) is 60.3 Å². The normalized spacial score (nSPS) is 15.3. The monoisotopic (exact) mass is 569 g/mol. The average Bonchev–Trinajstić information content (AvgIpc) is 3.46. The minimum atomic E-state index is -3.63. The van der Waals surface area contributed by atoms with Gasteiger partial charge in [-0.05, 0) is 86.3 Å². The van der Waals surface area contributed by atoms with Crippen LogP contribution in [0.4, 0.5) is 0 Å². The van der Waals surface area contributed by atoms with Gasteiger partial charge in [0.1, 0.15) is 23.0 Å². The van der Waals surface area contributed by atoms with Crippen LogP contribution in [-0.2, 0) is 28.4 Å². The number of fused-ring (bicyclic) bond motifs is 1. The maximum Gasteiger partial charge on any atom is 0.323 e. The minimum absolute atomic E-state index is 0.00850. The molecule has 0 aliphatic carbocycles. The van der Waals surface area contributed by atoms with E-state index in [0.717, 1.165) is 21.1 Å². The molecule has 1 aliphatic rings. The van der Waals surface area contributed by atoms with Crippen LogP contribution in [0, 0.1) is 0 Å². The molecule has 4 aromatic rings. The van der Waals surface area contributed by atoms with E-state index in [1.807, 2.05) is 50.0 Å². The summed E-state index contributed by atoms with van der Waals surface area (Å²) in [6.07, 6.45) is 6.70. The van der Waals surface area contributed by atoms with E-state index < -0.39 is 16.0 Å². The number of aromatic nitrogens is 4. The second kappa shape index (κ2) is 11.0. The number of benzene rings is 1. The second-order valence-corrected chi connectivity index (χ2v) is 12.8. The predicted molar refractivity (Wildman–Crippen MR) is 148 cm³/mol. The summed E-state index contributed by atoms with van der Waals surface area (Å²) in [5.74, 6) is -0.228. The molecule has 0 unspecified atom stereocenters. The van der Waals surface area contributed by atoms with Crippen molar-refractivity contribution in [3.05, 3.63) is 60.6 Å². The number of imidazole rings is 1. The Balaban J connectivity index is 1.35. The Kier molecular flexibility index (Phi) is 7.70. The first-order valence-electron chi connectivity index (χ1n) is 12.8. The summed E-state index contributed by atoms with van der Waals surface area (Å²) >= 11 is 1.41. The number of pyridine rings is 1. The topological polar surface area (TPSA) is 120 Å². The van der Waals surface area contributed by atoms with Gasteiger partial charge in [-0.2, -0.15) is 4.31 Å². The zero-order valence-corrected chi connectivity index (χ0v) is 23.7. The van der Waals surface area contributed by atoms with Crippen LogP contribution in [-0.4, -0.2) is 62.1 Å². The summed E-state index contributed by atoms with van der Waals surface area (Å²) in [7, 11) is -1.72. The van der Waals surface area contributed by atoms with Gasteiger partial charge in [0, 0.05) is 44.1 Å². The fourth-order valence-electron chi connectivity index (χ4n) is 4.88. The van der Waals surface area contributed by atoms with E-state index in [1.54, 1.807) is 35.0 Å². The fourth-order valence-corrected chi connectivity index (χ4v) is 7.13. The lowest BCUT2D eigenvalue weighted by Gasteiger charge is -2.31. The van der Waals surface area contributed by atoms with Crippen molar-refractivity contribution < 1.29 is 23.1 Å². The Morgan fingerprint density at radius 2 is 1.87 bits per heavy atom. The van der Waals surface area contributed by atoms with Crippen molar-refractivity contribution >= 4 is 38.8 Å². The lowest BCUT2D eigenvalue weighted by atomic mass is 9.90. The first-order chi connectivity index (χ1) is 18.6. The van der Waals surface area contributed by atoms with Crippen LogP contribution < -0.4 is 4.74 Å². The summed E-state index contributed by atoms with van der Waals surface area (Å²) in [4.78, 5) is 20.9. The smallest absolute Gasteiger partial charge is 0.323 e. The number of hydrogen-bond donors (Lipinski definition) is 1. The molecular weight excluding hydrogens is 538 g/mol. The summed E-state index contributed by atoms with van der Waals surface area (Å²) in [6, 6.07) is 10.4. The molecule has 39 heavy (non-hydrogen) atoms. The van der Waals surface area contributed by atoms with Crippen molar-refractivity contribution in [3.63, 3.8) is 0 Å². The van der Waals surface area contributed by atoms with Gasteiger partial charge in [-0.25, -0.2) is 18.4 Å². The molecule has 0 amide bonds. The molecule has 0 saturated carbocycles. The van der Waals surface area contributed by atoms with Gasteiger partial charge in [0.2, 0.25) is 10.0 Å². The van der Waals surface area contributed by atoms with Crippen molar-refractivity contribution in [3.8, 4) is 5.75 Å². The van der Waals surface area contributed by atoms with Crippen LogP contribution in [0.5, 0.6) is 5.75 Å². The number of hydrogen-bond acceptors (Lipinski definition) is 7. The van der Waals surface area contributed by atoms with Crippen LogP contribution in [0.2, 0.25) is 0 Å². The van der Waals surface area contributed by atoms with Gasteiger partial charge in [0.25, 0.3) is 0 Å². The third-order valence-corrected chi connectivity index (χ3v) is 9.66. The Morgan fingerprint density at radius 3 is 2.49 bits per heavy atom. The number of carboxylic acid groups (broad SMARTS) is 1. The van der Waals surface area contributed by atoms with Gasteiger partial charge in [0.05, 0.1) is 11.0 Å². The van der Waals surface area contributed by atoms with Gasteiger partial charge in [-0.3, -0.25) is 4.79 Å². The van der Waals surface area contributed by atoms with Crippen LogP contribution in [0.25, 0.3) is 11.0 Å². The molecule has 4 heterocycles. The highest BCUT2D eigenvalue weighted by atomic mass is 32.2. The summed E-state index contributed by atoms with van der Waals surface area (Å²) in [5.41, 5.74) is 1.60. The first kappa shape index (κ1) is 27.2. The number of sulfonamides is 1. The molecule has 0 radical (unpaired) electrons. The molecule has 0 atom stereocenters. The zero-order chi connectivity index (χ0) is 27.7. The molecule has 1 fully saturated rings. The summed E-state index contributed by atoms with van der Waals surface area (Å²) < 4.78 is 37.3. The molecule has 12 heteroatoms. The molecule has 1 N–H and O–H groups in total. The van der Waals surface area contributed by atoms with Crippen LogP contribution in [0.15, 0.2) is 70.1 Å². The maximum absolute atomic E-state index is 13.3. The lowest BCUT2D eigenvalue weighted by molar-refractivity contribution is -0.137. The number of piperidine rings is 1. The molecule has 1 saturated heterocycles. The molecule has 206 valence electrons. The van der Waals surface area contributed by atoms with Crippen LogP contribution in [0.1, 0.15) is 38.2 Å². The SMILES string of the molecule is CC(C)Oc1ccc(S(=O)(=O)N2CCC(c3cn(CC(=O)O)c4nc(Sc5nccn5C)ccc34)CC2)cc1. The number of nitrogens with zero attached hydrogens (tertiary/aromatic N) is 5. The molecule has 0 spiro atoms. The third-order valence-electron chi connectivity index (χ3n) is 6.73. The molecule has 0 bridgehead atoms. The highest BCUT2D eigenvalue weighted by Crippen LogP contribution is 2.37. The highest BCUT2D eigenvalue weighted by Gasteiger charge is 2.31. The minimum Gasteiger partial charge on any atom is -0.491 e. The zero-order valence-electron chi connectivity index (χ0n) is 22.0. The van der Waals surface area contributed by atoms with E-state index in [9.17, 15) is 18.3 Å². The molecule has 10 nitrogen and oxygen atoms in total. The van der Waals surface area contributed by atoms with Crippen LogP contribution in [0.3, 0.4) is 0 Å². The van der Waals surface area contributed by atoms with Crippen LogP contribution >= 0.6 is 11.8 Å². The predicted octanol–water partition coefficient (Wildman–Crippen LogP) is 4.36. The van der Waals surface area contributed by atoms with E-state index in [1.165, 1.54) is 16.1 Å². The number of rotatable bonds is 9. The number of carboxylic acids is 1. The van der Waals surface area contributed by atoms with Crippen molar-refractivity contribution in [1.29, 1.82) is 0 Å². The van der Waals surface area contributed by atoms with Gasteiger partial charge in [-0.1, -0.05) is 0 Å². The second-order valence-electron chi connectivity index (χ2n) is 9.87. The van der Waals surface area contributed by atoms with E-state index in [4.69, 9.17) is 9.72 Å². The number of aryl methyl sites for hydroxylation is 1. The molecular formula is C27H31N5O5S2. The van der Waals surface area contributed by atoms with E-state index in [2.05, 4.69) is 4.98 Å². The van der Waals surface area contributed by atoms with E-state index in [-0.39, 0.29) is 23.5 Å². The van der Waals surface area contributed by atoms with Crippen molar-refractivity contribution in [2.75, 3.05) is 13.1 Å². The Labute approximate surface area is 231 Å². The largest absolute Gasteiger partial charge is 0.491 e. The number of aliphatic carboxylic acids is 1. The molecule has 5 rings (SSSR count). The molecule has 1 aliphatic heterocycles. The standard InChI is InChI=1S/C27H31N5O5S2/c1-18(2)37-20-4-6-21(7-5-20)39(35,36)32-13-10-19(11-14-32)23-16-31(17-25(33)34)26-22(23)8-9-24(29-26)38-27-28-12-15-30(27)3/h4-9,12,15-16,18-19H,10-11,13-14,17H2,1-3H3,(H,33,34). The highest BCUT2D eigenvalue weighted by molar-refractivity contribution is 7.99.